The molecule has 2 aliphatic heterocycles. The molecule has 2 aliphatic rings. The fourth-order valence-corrected chi connectivity index (χ4v) is 5.57. The zero-order chi connectivity index (χ0) is 25.4. The number of aromatic hydroxyl groups is 2. The van der Waals surface area contributed by atoms with Crippen LogP contribution in [-0.4, -0.2) is 45.8 Å². The molecular formula is C27H28N2O7. The Morgan fingerprint density at radius 3 is 2.69 bits per heavy atom. The monoisotopic (exact) mass is 492 g/mol. The molecule has 188 valence electrons. The van der Waals surface area contributed by atoms with Gasteiger partial charge in [0, 0.05) is 43.4 Å². The smallest absolute Gasteiger partial charge is 0.306 e. The summed E-state index contributed by atoms with van der Waals surface area (Å²) in [6.07, 6.45) is 0.822. The Morgan fingerprint density at radius 2 is 1.92 bits per heavy atom. The first-order chi connectivity index (χ1) is 17.3. The molecule has 1 fully saturated rings. The van der Waals surface area contributed by atoms with Gasteiger partial charge >= 0.3 is 5.97 Å². The average Bonchev–Trinajstić information content (AvgIpc) is 2.85. The van der Waals surface area contributed by atoms with Gasteiger partial charge in [-0.25, -0.2) is 0 Å². The first kappa shape index (κ1) is 23.9. The number of rotatable bonds is 6. The van der Waals surface area contributed by atoms with Gasteiger partial charge in [-0.05, 0) is 36.1 Å². The number of ether oxygens (including phenoxy) is 1. The van der Waals surface area contributed by atoms with Gasteiger partial charge in [-0.2, -0.15) is 0 Å². The van der Waals surface area contributed by atoms with E-state index in [-0.39, 0.29) is 29.4 Å². The van der Waals surface area contributed by atoms with Crippen molar-refractivity contribution in [3.63, 3.8) is 0 Å². The number of pyridine rings is 1. The van der Waals surface area contributed by atoms with Gasteiger partial charge in [0.1, 0.15) is 11.5 Å². The highest BCUT2D eigenvalue weighted by molar-refractivity contribution is 5.71. The minimum Gasteiger partial charge on any atom is -0.508 e. The molecule has 3 aromatic rings. The molecule has 2 N–H and O–H groups in total. The number of likely N-dealkylation sites (tertiary alicyclic amines) is 1. The summed E-state index contributed by atoms with van der Waals surface area (Å²) in [5, 5.41) is 20.6. The van der Waals surface area contributed by atoms with Gasteiger partial charge in [0.25, 0.3) is 5.56 Å². The summed E-state index contributed by atoms with van der Waals surface area (Å²) >= 11 is 0. The number of carbonyl (C=O) groups is 1. The summed E-state index contributed by atoms with van der Waals surface area (Å²) in [4.78, 5) is 39.4. The molecule has 5 rings (SSSR count). The standard InChI is InChI=1S/C27H28N2O7/c1-35-25(33)11-21(17-4-2-5-19(30)9-17)27-26(34)23(31)10-20(36-27)15-28-12-16-8-18(14-28)22-6-3-7-24(32)29(22)13-16/h2-7,9-10,16,18,21,30,34H,8,11-15H2,1H3. The zero-order valence-corrected chi connectivity index (χ0v) is 19.9. The second kappa shape index (κ2) is 9.66. The molecule has 2 bridgehead atoms. The largest absolute Gasteiger partial charge is 0.508 e. The van der Waals surface area contributed by atoms with Crippen molar-refractivity contribution < 1.29 is 24.2 Å². The number of phenols is 1. The average molecular weight is 493 g/mol. The van der Waals surface area contributed by atoms with Gasteiger partial charge in [-0.1, -0.05) is 18.2 Å². The first-order valence-electron chi connectivity index (χ1n) is 12.0. The fraction of sp³-hybridized carbons (Fsp3) is 0.370. The molecule has 9 nitrogen and oxygen atoms in total. The molecule has 36 heavy (non-hydrogen) atoms. The number of hydrogen-bond acceptors (Lipinski definition) is 8. The Balaban J connectivity index is 1.45. The Kier molecular flexibility index (Phi) is 6.40. The minimum absolute atomic E-state index is 0.0143. The number of fused-ring (bicyclic) bond motifs is 4. The number of hydrogen-bond donors (Lipinski definition) is 2. The summed E-state index contributed by atoms with van der Waals surface area (Å²) in [5.74, 6) is -1.12. The number of phenolic OH excluding ortho intramolecular Hbond substituents is 1. The third-order valence-electron chi connectivity index (χ3n) is 7.12. The Bertz CT molecular complexity index is 1410. The number of nitrogens with zero attached hydrogens (tertiary/aromatic N) is 2. The number of carbonyl (C=O) groups excluding carboxylic acids is 1. The highest BCUT2D eigenvalue weighted by Gasteiger charge is 2.35. The molecule has 0 aliphatic carbocycles. The van der Waals surface area contributed by atoms with Crippen LogP contribution in [0.15, 0.2) is 62.5 Å². The molecule has 2 aromatic heterocycles. The van der Waals surface area contributed by atoms with Crippen molar-refractivity contribution in [1.29, 1.82) is 0 Å². The summed E-state index contributed by atoms with van der Waals surface area (Å²) < 4.78 is 12.8. The van der Waals surface area contributed by atoms with Crippen molar-refractivity contribution in [2.45, 2.75) is 37.8 Å². The van der Waals surface area contributed by atoms with E-state index >= 15 is 0 Å². The maximum absolute atomic E-state index is 12.7. The molecule has 3 unspecified atom stereocenters. The van der Waals surface area contributed by atoms with Crippen molar-refractivity contribution in [2.24, 2.45) is 5.92 Å². The van der Waals surface area contributed by atoms with E-state index in [0.29, 0.717) is 36.9 Å². The first-order valence-corrected chi connectivity index (χ1v) is 12.0. The van der Waals surface area contributed by atoms with Crippen LogP contribution in [0, 0.1) is 5.92 Å². The third kappa shape index (κ3) is 4.66. The molecule has 9 heteroatoms. The summed E-state index contributed by atoms with van der Waals surface area (Å²) in [6.45, 7) is 2.45. The Hall–Kier alpha value is -3.85. The maximum Gasteiger partial charge on any atom is 0.306 e. The second-order valence-electron chi connectivity index (χ2n) is 9.61. The van der Waals surface area contributed by atoms with Crippen LogP contribution in [0.2, 0.25) is 0 Å². The lowest BCUT2D eigenvalue weighted by Gasteiger charge is -2.42. The maximum atomic E-state index is 12.7. The highest BCUT2D eigenvalue weighted by atomic mass is 16.5. The normalized spacial score (nSPS) is 19.9. The number of aromatic nitrogens is 1. The van der Waals surface area contributed by atoms with Crippen LogP contribution in [0.25, 0.3) is 0 Å². The zero-order valence-electron chi connectivity index (χ0n) is 19.9. The minimum atomic E-state index is -0.823. The lowest BCUT2D eigenvalue weighted by Crippen LogP contribution is -2.46. The number of methoxy groups -OCH3 is 1. The van der Waals surface area contributed by atoms with E-state index in [0.717, 1.165) is 18.7 Å². The Morgan fingerprint density at radius 1 is 1.11 bits per heavy atom. The van der Waals surface area contributed by atoms with E-state index in [1.54, 1.807) is 24.3 Å². The number of esters is 1. The lowest BCUT2D eigenvalue weighted by atomic mass is 9.83. The topological polar surface area (TPSA) is 122 Å². The number of piperidine rings is 1. The molecule has 1 aromatic carbocycles. The lowest BCUT2D eigenvalue weighted by molar-refractivity contribution is -0.140. The Labute approximate surface area is 207 Å². The van der Waals surface area contributed by atoms with Gasteiger partial charge in [-0.15, -0.1) is 0 Å². The summed E-state index contributed by atoms with van der Waals surface area (Å²) in [6, 6.07) is 12.9. The molecule has 3 atom stereocenters. The third-order valence-corrected chi connectivity index (χ3v) is 7.12. The molecule has 0 amide bonds. The molecule has 4 heterocycles. The van der Waals surface area contributed by atoms with E-state index in [9.17, 15) is 24.6 Å². The highest BCUT2D eigenvalue weighted by Crippen LogP contribution is 2.37. The van der Waals surface area contributed by atoms with Crippen LogP contribution >= 0.6 is 0 Å². The van der Waals surface area contributed by atoms with Gasteiger partial charge in [-0.3, -0.25) is 19.3 Å². The SMILES string of the molecule is COC(=O)CC(c1cccc(O)c1)c1oc(CN2CC3CC(C2)c2cccc(=O)n2C3)cc(=O)c1O. The van der Waals surface area contributed by atoms with Gasteiger partial charge in [0.15, 0.2) is 5.76 Å². The van der Waals surface area contributed by atoms with Crippen LogP contribution in [0.1, 0.15) is 47.5 Å². The molecule has 1 saturated heterocycles. The van der Waals surface area contributed by atoms with Crippen LogP contribution < -0.4 is 11.0 Å². The number of benzene rings is 1. The van der Waals surface area contributed by atoms with Crippen LogP contribution in [-0.2, 0) is 22.6 Å². The molecule has 0 saturated carbocycles. The summed E-state index contributed by atoms with van der Waals surface area (Å²) in [5.41, 5.74) is 0.952. The van der Waals surface area contributed by atoms with E-state index in [2.05, 4.69) is 4.90 Å². The predicted molar refractivity (Wildman–Crippen MR) is 130 cm³/mol. The van der Waals surface area contributed by atoms with Crippen molar-refractivity contribution in [2.75, 3.05) is 20.2 Å². The van der Waals surface area contributed by atoms with Crippen LogP contribution in [0.4, 0.5) is 0 Å². The van der Waals surface area contributed by atoms with E-state index in [4.69, 9.17) is 9.15 Å². The van der Waals surface area contributed by atoms with Crippen LogP contribution in [0.3, 0.4) is 0 Å². The van der Waals surface area contributed by atoms with Crippen LogP contribution in [0.5, 0.6) is 11.5 Å². The van der Waals surface area contributed by atoms with E-state index in [1.807, 2.05) is 10.6 Å². The van der Waals surface area contributed by atoms with Gasteiger partial charge in [0.2, 0.25) is 11.2 Å². The predicted octanol–water partition coefficient (Wildman–Crippen LogP) is 2.53. The van der Waals surface area contributed by atoms with Gasteiger partial charge in [0.05, 0.1) is 26.0 Å². The van der Waals surface area contributed by atoms with E-state index < -0.39 is 23.1 Å². The van der Waals surface area contributed by atoms with Crippen molar-refractivity contribution >= 4 is 5.97 Å². The van der Waals surface area contributed by atoms with Crippen molar-refractivity contribution in [1.82, 2.24) is 9.47 Å². The second-order valence-corrected chi connectivity index (χ2v) is 9.61. The van der Waals surface area contributed by atoms with Crippen molar-refractivity contribution in [3.8, 4) is 11.5 Å². The molecule has 0 spiro atoms. The molecule has 0 radical (unpaired) electrons. The summed E-state index contributed by atoms with van der Waals surface area (Å²) in [7, 11) is 1.26. The molecular weight excluding hydrogens is 464 g/mol. The van der Waals surface area contributed by atoms with E-state index in [1.165, 1.54) is 25.3 Å². The quantitative estimate of drug-likeness (QED) is 0.504. The fourth-order valence-electron chi connectivity index (χ4n) is 5.57. The van der Waals surface area contributed by atoms with Crippen molar-refractivity contribution in [3.05, 3.63) is 91.9 Å². The van der Waals surface area contributed by atoms with Gasteiger partial charge < -0.3 is 23.9 Å².